The summed E-state index contributed by atoms with van der Waals surface area (Å²) in [4.78, 5) is 35.3. The maximum absolute atomic E-state index is 14.5. The lowest BCUT2D eigenvalue weighted by atomic mass is 9.78. The number of methoxy groups -OCH3 is 1. The maximum Gasteiger partial charge on any atom is 0.417 e. The Morgan fingerprint density at radius 1 is 1.14 bits per heavy atom. The number of ether oxygens (including phenoxy) is 3. The molecule has 244 valence electrons. The Morgan fingerprint density at radius 3 is 2.73 bits per heavy atom. The number of carbonyl (C=O) groups is 2. The lowest BCUT2D eigenvalue weighted by Gasteiger charge is -2.37. The number of pyridine rings is 1. The summed E-state index contributed by atoms with van der Waals surface area (Å²) in [5, 5.41) is 0. The van der Waals surface area contributed by atoms with Crippen LogP contribution in [0.2, 0.25) is 0 Å². The minimum absolute atomic E-state index is 0.0206. The number of hydrogen-bond acceptors (Lipinski definition) is 6. The topological polar surface area (TPSA) is 81.2 Å². The number of aromatic nitrogens is 1. The van der Waals surface area contributed by atoms with Gasteiger partial charge < -0.3 is 24.0 Å². The van der Waals surface area contributed by atoms with Crippen LogP contribution in [0.1, 0.15) is 81.0 Å². The van der Waals surface area contributed by atoms with Crippen LogP contribution in [0.3, 0.4) is 0 Å². The Morgan fingerprint density at radius 2 is 1.95 bits per heavy atom. The van der Waals surface area contributed by atoms with Gasteiger partial charge in [0.15, 0.2) is 0 Å². The SMILES string of the molecule is CO[C@H]1COCC[C@H]1C[C@@H]1C[C@H]2CN(C(=O)OCCC3CCCCC3)C[C@@]2(C(=O)N2CCc3ncc(C(F)(F)F)cc3C2)C1. The number of rotatable bonds is 7. The van der Waals surface area contributed by atoms with E-state index in [9.17, 15) is 22.8 Å². The van der Waals surface area contributed by atoms with Crippen LogP contribution < -0.4 is 0 Å². The van der Waals surface area contributed by atoms with E-state index in [0.29, 0.717) is 81.3 Å². The molecular weight excluding hydrogens is 575 g/mol. The maximum atomic E-state index is 14.5. The molecule has 0 N–H and O–H groups in total. The molecule has 0 bridgehead atoms. The van der Waals surface area contributed by atoms with E-state index in [1.54, 1.807) is 16.9 Å². The van der Waals surface area contributed by atoms with E-state index in [4.69, 9.17) is 14.2 Å². The van der Waals surface area contributed by atoms with E-state index in [1.165, 1.54) is 32.1 Å². The van der Waals surface area contributed by atoms with E-state index in [1.807, 2.05) is 0 Å². The molecule has 5 atom stereocenters. The number of carbonyl (C=O) groups excluding carboxylic acids is 2. The van der Waals surface area contributed by atoms with Crippen LogP contribution >= 0.6 is 0 Å². The summed E-state index contributed by atoms with van der Waals surface area (Å²) in [5.74, 6) is 1.18. The molecule has 0 aromatic carbocycles. The molecule has 3 aliphatic heterocycles. The predicted octanol–water partition coefficient (Wildman–Crippen LogP) is 5.86. The molecule has 0 spiro atoms. The van der Waals surface area contributed by atoms with Gasteiger partial charge in [0, 0.05) is 58.2 Å². The second kappa shape index (κ2) is 13.1. The first-order valence-corrected chi connectivity index (χ1v) is 16.5. The molecule has 11 heteroatoms. The molecule has 6 rings (SSSR count). The van der Waals surface area contributed by atoms with Gasteiger partial charge in [-0.05, 0) is 67.4 Å². The summed E-state index contributed by atoms with van der Waals surface area (Å²) in [5.41, 5.74) is -0.508. The highest BCUT2D eigenvalue weighted by molar-refractivity contribution is 5.85. The van der Waals surface area contributed by atoms with Crippen LogP contribution in [0.15, 0.2) is 12.3 Å². The molecule has 2 aliphatic carbocycles. The minimum Gasteiger partial charge on any atom is -0.449 e. The smallest absolute Gasteiger partial charge is 0.417 e. The Hall–Kier alpha value is -2.40. The summed E-state index contributed by atoms with van der Waals surface area (Å²) in [6.07, 6.45) is 6.82. The van der Waals surface area contributed by atoms with E-state index in [2.05, 4.69) is 4.98 Å². The molecule has 0 unspecified atom stereocenters. The summed E-state index contributed by atoms with van der Waals surface area (Å²) in [6.45, 7) is 2.93. The van der Waals surface area contributed by atoms with Crippen LogP contribution in [0, 0.1) is 29.1 Å². The van der Waals surface area contributed by atoms with E-state index < -0.39 is 17.2 Å². The van der Waals surface area contributed by atoms with Crippen molar-refractivity contribution < 1.29 is 37.0 Å². The summed E-state index contributed by atoms with van der Waals surface area (Å²) < 4.78 is 57.4. The van der Waals surface area contributed by atoms with Gasteiger partial charge in [0.05, 0.1) is 30.3 Å². The number of alkyl halides is 3. The lowest BCUT2D eigenvalue weighted by molar-refractivity contribution is -0.144. The van der Waals surface area contributed by atoms with Gasteiger partial charge in [0.1, 0.15) is 0 Å². The molecule has 1 aromatic heterocycles. The van der Waals surface area contributed by atoms with Crippen LogP contribution in [0.25, 0.3) is 0 Å². The van der Waals surface area contributed by atoms with E-state index in [0.717, 1.165) is 37.9 Å². The number of halogens is 3. The van der Waals surface area contributed by atoms with Gasteiger partial charge in [-0.2, -0.15) is 13.2 Å². The molecule has 2 saturated carbocycles. The third-order valence-electron chi connectivity index (χ3n) is 11.2. The molecule has 44 heavy (non-hydrogen) atoms. The van der Waals surface area contributed by atoms with Crippen molar-refractivity contribution in [1.82, 2.24) is 14.8 Å². The normalized spacial score (nSPS) is 31.1. The molecule has 2 amide bonds. The third kappa shape index (κ3) is 6.59. The summed E-state index contributed by atoms with van der Waals surface area (Å²) in [7, 11) is 1.71. The Labute approximate surface area is 258 Å². The highest BCUT2D eigenvalue weighted by atomic mass is 19.4. The van der Waals surface area contributed by atoms with Gasteiger partial charge in [-0.3, -0.25) is 9.78 Å². The number of fused-ring (bicyclic) bond motifs is 2. The molecule has 1 aromatic rings. The minimum atomic E-state index is -4.50. The highest BCUT2D eigenvalue weighted by Crippen LogP contribution is 2.55. The van der Waals surface area contributed by atoms with E-state index >= 15 is 0 Å². The van der Waals surface area contributed by atoms with Crippen LogP contribution in [0.4, 0.5) is 18.0 Å². The zero-order valence-corrected chi connectivity index (χ0v) is 25.8. The van der Waals surface area contributed by atoms with Crippen LogP contribution in [0.5, 0.6) is 0 Å². The lowest BCUT2D eigenvalue weighted by Crippen LogP contribution is -2.49. The average molecular weight is 622 g/mol. The fraction of sp³-hybridized carbons (Fsp3) is 0.788. The predicted molar refractivity (Wildman–Crippen MR) is 155 cm³/mol. The second-order valence-electron chi connectivity index (χ2n) is 13.9. The van der Waals surface area contributed by atoms with Crippen molar-refractivity contribution >= 4 is 12.0 Å². The number of likely N-dealkylation sites (tertiary alicyclic amines) is 1. The third-order valence-corrected chi connectivity index (χ3v) is 11.2. The number of nitrogens with zero attached hydrogens (tertiary/aromatic N) is 3. The molecule has 5 aliphatic rings. The first-order chi connectivity index (χ1) is 21.2. The van der Waals surface area contributed by atoms with Gasteiger partial charge in [-0.1, -0.05) is 32.1 Å². The molecule has 8 nitrogen and oxygen atoms in total. The van der Waals surface area contributed by atoms with Crippen molar-refractivity contribution in [1.29, 1.82) is 0 Å². The molecule has 4 fully saturated rings. The van der Waals surface area contributed by atoms with E-state index in [-0.39, 0.29) is 30.6 Å². The van der Waals surface area contributed by atoms with Gasteiger partial charge in [0.2, 0.25) is 5.91 Å². The Balaban J connectivity index is 1.17. The standard InChI is InChI=1S/C33H46F3N3O5/c1-42-29-20-43-11-9-24(29)13-23-14-27-19-39(31(41)44-12-8-22-5-3-2-4-6-22)21-32(27,16-23)30(40)38-10-7-28-25(18-38)15-26(17-37-28)33(34,35)36/h15,17,22-24,27,29H,2-14,16,18-21H2,1H3/t23-,24+,27+,29+,32+/m1/s1. The first-order valence-electron chi connectivity index (χ1n) is 16.5. The Kier molecular flexibility index (Phi) is 9.43. The van der Waals surface area contributed by atoms with Crippen molar-refractivity contribution in [3.63, 3.8) is 0 Å². The van der Waals surface area contributed by atoms with Gasteiger partial charge in [-0.15, -0.1) is 0 Å². The second-order valence-corrected chi connectivity index (χ2v) is 13.9. The monoisotopic (exact) mass is 621 g/mol. The van der Waals surface area contributed by atoms with Crippen molar-refractivity contribution in [2.45, 2.75) is 89.5 Å². The number of hydrogen-bond donors (Lipinski definition) is 0. The Bertz CT molecular complexity index is 1190. The zero-order chi connectivity index (χ0) is 30.9. The first kappa shape index (κ1) is 31.6. The van der Waals surface area contributed by atoms with Crippen molar-refractivity contribution in [2.24, 2.45) is 29.1 Å². The fourth-order valence-corrected chi connectivity index (χ4v) is 8.82. The summed E-state index contributed by atoms with van der Waals surface area (Å²) >= 11 is 0. The number of amides is 2. The molecule has 0 radical (unpaired) electrons. The van der Waals surface area contributed by atoms with Gasteiger partial charge in [0.25, 0.3) is 0 Å². The molecule has 4 heterocycles. The molecular formula is C33H46F3N3O5. The van der Waals surface area contributed by atoms with Crippen molar-refractivity contribution in [3.8, 4) is 0 Å². The van der Waals surface area contributed by atoms with Crippen molar-refractivity contribution in [3.05, 3.63) is 29.1 Å². The zero-order valence-electron chi connectivity index (χ0n) is 25.8. The van der Waals surface area contributed by atoms with Gasteiger partial charge in [-0.25, -0.2) is 4.79 Å². The van der Waals surface area contributed by atoms with Crippen molar-refractivity contribution in [2.75, 3.05) is 46.6 Å². The largest absolute Gasteiger partial charge is 0.449 e. The molecule has 2 saturated heterocycles. The fourth-order valence-electron chi connectivity index (χ4n) is 8.82. The van der Waals surface area contributed by atoms with Crippen LogP contribution in [-0.4, -0.2) is 79.5 Å². The summed E-state index contributed by atoms with van der Waals surface area (Å²) in [6, 6.07) is 1.13. The van der Waals surface area contributed by atoms with Gasteiger partial charge >= 0.3 is 12.3 Å². The van der Waals surface area contributed by atoms with Crippen LogP contribution in [-0.2, 0) is 38.1 Å². The highest BCUT2D eigenvalue weighted by Gasteiger charge is 2.60. The quantitative estimate of drug-likeness (QED) is 0.380. The average Bonchev–Trinajstić information content (AvgIpc) is 3.55.